The van der Waals surface area contributed by atoms with Crippen molar-refractivity contribution in [2.24, 2.45) is 0 Å². The van der Waals surface area contributed by atoms with Crippen molar-refractivity contribution < 1.29 is 20.1 Å². The van der Waals surface area contributed by atoms with Gasteiger partial charge in [0, 0.05) is 0 Å². The normalized spacial score (nSPS) is 13.4. The number of carbonyl (C=O) groups is 1. The van der Waals surface area contributed by atoms with Crippen LogP contribution >= 0.6 is 0 Å². The van der Waals surface area contributed by atoms with E-state index in [4.69, 9.17) is 10.2 Å². The van der Waals surface area contributed by atoms with Crippen molar-refractivity contribution in [1.29, 1.82) is 0 Å². The lowest BCUT2D eigenvalue weighted by molar-refractivity contribution is -0.135. The molecule has 3 N–H and O–H groups in total. The second-order valence-corrected chi connectivity index (χ2v) is 6.21. The van der Waals surface area contributed by atoms with Crippen LogP contribution in [-0.4, -0.2) is 21.3 Å². The molecule has 0 heterocycles. The third-order valence-electron chi connectivity index (χ3n) is 3.87. The first-order chi connectivity index (χ1) is 12.6. The Labute approximate surface area is 157 Å². The second kappa shape index (κ2) is 17.6. The van der Waals surface area contributed by atoms with Crippen molar-refractivity contribution >= 4 is 5.97 Å². The van der Waals surface area contributed by atoms with E-state index in [1.807, 2.05) is 18.2 Å². The zero-order valence-corrected chi connectivity index (χ0v) is 15.9. The quantitative estimate of drug-likeness (QED) is 0.134. The summed E-state index contributed by atoms with van der Waals surface area (Å²) in [5, 5.41) is 26.6. The summed E-state index contributed by atoms with van der Waals surface area (Å²) in [4.78, 5) is 10.4. The van der Waals surface area contributed by atoms with Gasteiger partial charge in [-0.15, -0.1) is 0 Å². The molecule has 0 aromatic carbocycles. The molecule has 26 heavy (non-hydrogen) atoms. The molecule has 0 saturated heterocycles. The first kappa shape index (κ1) is 23.8. The van der Waals surface area contributed by atoms with E-state index in [-0.39, 0.29) is 0 Å². The Morgan fingerprint density at radius 3 is 1.77 bits per heavy atom. The van der Waals surface area contributed by atoms with Gasteiger partial charge in [-0.3, -0.25) is 0 Å². The van der Waals surface area contributed by atoms with Gasteiger partial charge in [0.15, 0.2) is 5.76 Å². The fourth-order valence-corrected chi connectivity index (χ4v) is 2.34. The van der Waals surface area contributed by atoms with Crippen LogP contribution in [0.15, 0.2) is 60.1 Å². The number of allylic oxidation sites excluding steroid dienone is 8. The number of aliphatic hydroxyl groups excluding tert-OH is 2. The zero-order valence-electron chi connectivity index (χ0n) is 15.9. The number of unbranched alkanes of at least 4 members (excludes halogenated alkanes) is 9. The van der Waals surface area contributed by atoms with E-state index in [0.717, 1.165) is 12.5 Å². The Balaban J connectivity index is 3.68. The average molecular weight is 363 g/mol. The van der Waals surface area contributed by atoms with Gasteiger partial charge < -0.3 is 15.3 Å². The minimum absolute atomic E-state index is 0.674. The zero-order chi connectivity index (χ0) is 19.5. The van der Waals surface area contributed by atoms with Gasteiger partial charge >= 0.3 is 5.97 Å². The highest BCUT2D eigenvalue weighted by molar-refractivity contribution is 5.84. The summed E-state index contributed by atoms with van der Waals surface area (Å²) in [6, 6.07) is 0. The topological polar surface area (TPSA) is 77.8 Å². The highest BCUT2D eigenvalue weighted by Crippen LogP contribution is 2.10. The van der Waals surface area contributed by atoms with Crippen LogP contribution in [0, 0.1) is 0 Å². The predicted molar refractivity (Wildman–Crippen MR) is 108 cm³/mol. The van der Waals surface area contributed by atoms with Crippen LogP contribution in [0.25, 0.3) is 0 Å². The number of hydrogen-bond donors (Lipinski definition) is 3. The van der Waals surface area contributed by atoms with E-state index in [9.17, 15) is 9.90 Å². The van der Waals surface area contributed by atoms with Crippen molar-refractivity contribution in [2.45, 2.75) is 71.1 Å². The van der Waals surface area contributed by atoms with Crippen molar-refractivity contribution in [2.75, 3.05) is 0 Å². The van der Waals surface area contributed by atoms with Crippen molar-refractivity contribution in [1.82, 2.24) is 0 Å². The molecule has 0 aromatic heterocycles. The summed E-state index contributed by atoms with van der Waals surface area (Å²) in [5.41, 5.74) is 0. The van der Waals surface area contributed by atoms with Crippen LogP contribution in [0.3, 0.4) is 0 Å². The number of aliphatic hydroxyl groups is 2. The van der Waals surface area contributed by atoms with Gasteiger partial charge in [-0.2, -0.15) is 0 Å². The summed E-state index contributed by atoms with van der Waals surface area (Å²) in [6.45, 7) is 2.25. The fraction of sp³-hybridized carbons (Fsp3) is 0.500. The summed E-state index contributed by atoms with van der Waals surface area (Å²) in [5.74, 6) is -3.30. The first-order valence-electron chi connectivity index (χ1n) is 9.61. The molecular weight excluding hydrogens is 328 g/mol. The molecule has 0 amide bonds. The maximum Gasteiger partial charge on any atom is 0.374 e. The number of rotatable bonds is 15. The number of carboxylic acid groups (broad SMARTS) is 1. The van der Waals surface area contributed by atoms with Gasteiger partial charge in [-0.05, 0) is 18.9 Å². The molecule has 4 heteroatoms. The Kier molecular flexibility index (Phi) is 16.1. The van der Waals surface area contributed by atoms with Gasteiger partial charge in [-0.25, -0.2) is 4.79 Å². The Hall–Kier alpha value is -2.23. The Bertz CT molecular complexity index is 510. The van der Waals surface area contributed by atoms with Crippen LogP contribution in [0.5, 0.6) is 0 Å². The van der Waals surface area contributed by atoms with Crippen molar-refractivity contribution in [3.8, 4) is 0 Å². The largest absolute Gasteiger partial charge is 0.504 e. The standard InChI is InChI=1S/C22H34O4/c1-2-3-4-5-6-7-8-9-10-11-12-13-14-15-16-17-18-19-20(23)21(24)22(25)26/h12-19,23-24H,2-11H2,1H3,(H,25,26). The maximum absolute atomic E-state index is 10.4. The highest BCUT2D eigenvalue weighted by Gasteiger charge is 2.08. The highest BCUT2D eigenvalue weighted by atomic mass is 16.4. The molecule has 0 atom stereocenters. The Morgan fingerprint density at radius 1 is 0.692 bits per heavy atom. The van der Waals surface area contributed by atoms with E-state index in [1.165, 1.54) is 63.9 Å². The van der Waals surface area contributed by atoms with E-state index in [0.29, 0.717) is 0 Å². The molecule has 0 bridgehead atoms. The fourth-order valence-electron chi connectivity index (χ4n) is 2.34. The van der Waals surface area contributed by atoms with Crippen LogP contribution in [-0.2, 0) is 4.79 Å². The second-order valence-electron chi connectivity index (χ2n) is 6.21. The van der Waals surface area contributed by atoms with Crippen LogP contribution in [0.1, 0.15) is 71.1 Å². The molecule has 0 aliphatic rings. The molecule has 0 aliphatic heterocycles. The lowest BCUT2D eigenvalue weighted by Gasteiger charge is -2.00. The minimum atomic E-state index is -1.56. The molecule has 0 unspecified atom stereocenters. The molecule has 146 valence electrons. The van der Waals surface area contributed by atoms with E-state index in [1.54, 1.807) is 12.2 Å². The monoisotopic (exact) mass is 362 g/mol. The van der Waals surface area contributed by atoms with Gasteiger partial charge in [0.05, 0.1) is 0 Å². The van der Waals surface area contributed by atoms with Gasteiger partial charge in [0.2, 0.25) is 5.76 Å². The number of hydrogen-bond acceptors (Lipinski definition) is 3. The van der Waals surface area contributed by atoms with Crippen molar-refractivity contribution in [3.63, 3.8) is 0 Å². The molecular formula is C22H34O4. The average Bonchev–Trinajstić information content (AvgIpc) is 2.63. The molecule has 0 aromatic rings. The predicted octanol–water partition coefficient (Wildman–Crippen LogP) is 6.54. The van der Waals surface area contributed by atoms with Gasteiger partial charge in [0.25, 0.3) is 0 Å². The maximum atomic E-state index is 10.4. The van der Waals surface area contributed by atoms with Gasteiger partial charge in [0.1, 0.15) is 0 Å². The molecule has 0 radical (unpaired) electrons. The van der Waals surface area contributed by atoms with Crippen molar-refractivity contribution in [3.05, 3.63) is 60.1 Å². The van der Waals surface area contributed by atoms with Crippen LogP contribution < -0.4 is 0 Å². The molecule has 0 saturated carbocycles. The summed E-state index contributed by atoms with van der Waals surface area (Å²) < 4.78 is 0. The number of aliphatic carboxylic acids is 1. The molecule has 4 nitrogen and oxygen atoms in total. The number of carboxylic acids is 1. The first-order valence-corrected chi connectivity index (χ1v) is 9.61. The molecule has 0 spiro atoms. The smallest absolute Gasteiger partial charge is 0.374 e. The van der Waals surface area contributed by atoms with E-state index < -0.39 is 17.5 Å². The van der Waals surface area contributed by atoms with E-state index in [2.05, 4.69) is 13.0 Å². The van der Waals surface area contributed by atoms with Gasteiger partial charge in [-0.1, -0.05) is 101 Å². The third kappa shape index (κ3) is 15.3. The SMILES string of the molecule is CCCCCCCCCCCC=CC=CC=CC=CC(O)=C(O)C(=O)O. The summed E-state index contributed by atoms with van der Waals surface area (Å²) >= 11 is 0. The Morgan fingerprint density at radius 2 is 1.19 bits per heavy atom. The minimum Gasteiger partial charge on any atom is -0.504 e. The molecule has 0 fully saturated rings. The summed E-state index contributed by atoms with van der Waals surface area (Å²) in [6.07, 6.45) is 27.0. The molecule has 0 rings (SSSR count). The van der Waals surface area contributed by atoms with Crippen LogP contribution in [0.4, 0.5) is 0 Å². The van der Waals surface area contributed by atoms with E-state index >= 15 is 0 Å². The van der Waals surface area contributed by atoms with Crippen LogP contribution in [0.2, 0.25) is 0 Å². The third-order valence-corrected chi connectivity index (χ3v) is 3.87. The molecule has 0 aliphatic carbocycles. The lowest BCUT2D eigenvalue weighted by Crippen LogP contribution is -2.02. The lowest BCUT2D eigenvalue weighted by atomic mass is 10.1. The summed E-state index contributed by atoms with van der Waals surface area (Å²) in [7, 11) is 0.